The van der Waals surface area contributed by atoms with E-state index in [1.165, 1.54) is 5.56 Å². The van der Waals surface area contributed by atoms with Crippen LogP contribution < -0.4 is 4.90 Å². The lowest BCUT2D eigenvalue weighted by Gasteiger charge is -2.30. The Morgan fingerprint density at radius 3 is 2.32 bits per heavy atom. The van der Waals surface area contributed by atoms with E-state index in [9.17, 15) is 0 Å². The molecule has 0 bridgehead atoms. The molecule has 2 aliphatic rings. The lowest BCUT2D eigenvalue weighted by Crippen LogP contribution is -2.34. The molecule has 0 saturated carbocycles. The monoisotopic (exact) mass is 356 g/mol. The average molecular weight is 357 g/mol. The van der Waals surface area contributed by atoms with E-state index in [0.29, 0.717) is 5.28 Å². The van der Waals surface area contributed by atoms with Gasteiger partial charge in [0.25, 0.3) is 0 Å². The maximum atomic E-state index is 6.04. The van der Waals surface area contributed by atoms with Gasteiger partial charge in [-0.3, -0.25) is 4.90 Å². The van der Waals surface area contributed by atoms with Crippen LogP contribution in [0.15, 0.2) is 36.5 Å². The van der Waals surface area contributed by atoms with Crippen molar-refractivity contribution in [1.82, 2.24) is 14.9 Å². The third kappa shape index (κ3) is 2.91. The van der Waals surface area contributed by atoms with Crippen LogP contribution in [0.3, 0.4) is 0 Å². The van der Waals surface area contributed by atoms with Crippen LogP contribution in [0, 0.1) is 17.8 Å². The molecule has 2 aliphatic heterocycles. The zero-order valence-corrected chi connectivity index (χ0v) is 15.9. The maximum Gasteiger partial charge on any atom is 0.224 e. The standard InChI is InChI=1S/C20H25ClN4/c1-15-9-22-18(21)23-17(15)25-13-19(2)11-24(12-20(19,3)14-25)10-16-7-5-4-6-8-16/h4-9H,10-14H2,1-3H3/t19-,20+. The molecule has 0 spiro atoms. The Morgan fingerprint density at radius 2 is 1.68 bits per heavy atom. The summed E-state index contributed by atoms with van der Waals surface area (Å²) in [7, 11) is 0. The van der Waals surface area contributed by atoms with Gasteiger partial charge in [0.2, 0.25) is 5.28 Å². The van der Waals surface area contributed by atoms with Gasteiger partial charge in [0.1, 0.15) is 5.82 Å². The molecule has 132 valence electrons. The van der Waals surface area contributed by atoms with Gasteiger partial charge >= 0.3 is 0 Å². The molecule has 3 heterocycles. The number of hydrogen-bond acceptors (Lipinski definition) is 4. The Balaban J connectivity index is 1.53. The van der Waals surface area contributed by atoms with E-state index in [4.69, 9.17) is 11.6 Å². The predicted molar refractivity (Wildman–Crippen MR) is 102 cm³/mol. The first-order chi connectivity index (χ1) is 11.9. The van der Waals surface area contributed by atoms with E-state index < -0.39 is 0 Å². The van der Waals surface area contributed by atoms with Crippen LogP contribution in [-0.4, -0.2) is 41.0 Å². The van der Waals surface area contributed by atoms with E-state index in [0.717, 1.165) is 44.1 Å². The van der Waals surface area contributed by atoms with E-state index in [1.807, 2.05) is 6.20 Å². The number of hydrogen-bond donors (Lipinski definition) is 0. The molecule has 0 N–H and O–H groups in total. The molecule has 25 heavy (non-hydrogen) atoms. The van der Waals surface area contributed by atoms with Gasteiger partial charge in [-0.25, -0.2) is 9.97 Å². The van der Waals surface area contributed by atoms with E-state index in [-0.39, 0.29) is 10.8 Å². The Labute approximate surface area is 154 Å². The Morgan fingerprint density at radius 1 is 1.04 bits per heavy atom. The van der Waals surface area contributed by atoms with Gasteiger partial charge in [-0.1, -0.05) is 44.2 Å². The van der Waals surface area contributed by atoms with Crippen LogP contribution in [-0.2, 0) is 6.54 Å². The Bertz CT molecular complexity index is 761. The second kappa shape index (κ2) is 5.96. The summed E-state index contributed by atoms with van der Waals surface area (Å²) in [6.45, 7) is 12.2. The van der Waals surface area contributed by atoms with Gasteiger partial charge in [0.15, 0.2) is 0 Å². The van der Waals surface area contributed by atoms with Crippen LogP contribution in [0.2, 0.25) is 5.28 Å². The van der Waals surface area contributed by atoms with Gasteiger partial charge < -0.3 is 4.90 Å². The zero-order valence-electron chi connectivity index (χ0n) is 15.2. The molecule has 2 fully saturated rings. The molecular weight excluding hydrogens is 332 g/mol. The summed E-state index contributed by atoms with van der Waals surface area (Å²) in [5.41, 5.74) is 3.00. The fourth-order valence-electron chi connectivity index (χ4n) is 4.64. The fraction of sp³-hybridized carbons (Fsp3) is 0.500. The normalized spacial score (nSPS) is 29.2. The predicted octanol–water partition coefficient (Wildman–Crippen LogP) is 3.79. The SMILES string of the molecule is Cc1cnc(Cl)nc1N1C[C@]2(C)CN(Cc3ccccc3)C[C@]2(C)C1. The highest BCUT2D eigenvalue weighted by molar-refractivity contribution is 6.28. The minimum Gasteiger partial charge on any atom is -0.355 e. The summed E-state index contributed by atoms with van der Waals surface area (Å²) >= 11 is 6.04. The second-order valence-electron chi connectivity index (χ2n) is 8.25. The summed E-state index contributed by atoms with van der Waals surface area (Å²) in [5, 5.41) is 0.332. The molecule has 5 heteroatoms. The van der Waals surface area contributed by atoms with Crippen molar-refractivity contribution < 1.29 is 0 Å². The summed E-state index contributed by atoms with van der Waals surface area (Å²) in [4.78, 5) is 13.6. The highest BCUT2D eigenvalue weighted by Crippen LogP contribution is 2.52. The van der Waals surface area contributed by atoms with Crippen LogP contribution in [0.1, 0.15) is 25.0 Å². The van der Waals surface area contributed by atoms with Gasteiger partial charge in [-0.15, -0.1) is 0 Å². The van der Waals surface area contributed by atoms with Gasteiger partial charge in [0.05, 0.1) is 0 Å². The highest BCUT2D eigenvalue weighted by Gasteiger charge is 2.57. The minimum absolute atomic E-state index is 0.256. The maximum absolute atomic E-state index is 6.04. The molecule has 4 nitrogen and oxygen atoms in total. The van der Waals surface area contributed by atoms with Crippen molar-refractivity contribution in [3.63, 3.8) is 0 Å². The number of aromatic nitrogens is 2. The number of likely N-dealkylation sites (tertiary alicyclic amines) is 1. The third-order valence-corrected chi connectivity index (χ3v) is 6.33. The molecular formula is C20H25ClN4. The van der Waals surface area contributed by atoms with Crippen molar-refractivity contribution in [3.05, 3.63) is 52.9 Å². The van der Waals surface area contributed by atoms with E-state index in [1.54, 1.807) is 0 Å². The number of halogens is 1. The van der Waals surface area contributed by atoms with Gasteiger partial charge in [-0.05, 0) is 24.1 Å². The molecule has 1 aromatic carbocycles. The van der Waals surface area contributed by atoms with E-state index >= 15 is 0 Å². The van der Waals surface area contributed by atoms with Crippen molar-refractivity contribution in [2.24, 2.45) is 10.8 Å². The topological polar surface area (TPSA) is 32.3 Å². The van der Waals surface area contributed by atoms with Gasteiger partial charge in [0, 0.05) is 55.3 Å². The highest BCUT2D eigenvalue weighted by atomic mass is 35.5. The molecule has 2 aromatic rings. The summed E-state index contributed by atoms with van der Waals surface area (Å²) in [6, 6.07) is 10.8. The molecule has 2 saturated heterocycles. The lowest BCUT2D eigenvalue weighted by molar-refractivity contribution is 0.212. The van der Waals surface area contributed by atoms with Crippen LogP contribution in [0.25, 0.3) is 0 Å². The molecule has 0 amide bonds. The van der Waals surface area contributed by atoms with Crippen LogP contribution >= 0.6 is 11.6 Å². The molecule has 0 radical (unpaired) electrons. The molecule has 0 aliphatic carbocycles. The molecule has 0 unspecified atom stereocenters. The first-order valence-electron chi connectivity index (χ1n) is 8.89. The average Bonchev–Trinajstić information content (AvgIpc) is 2.94. The number of fused-ring (bicyclic) bond motifs is 1. The zero-order chi connectivity index (χ0) is 17.7. The fourth-order valence-corrected chi connectivity index (χ4v) is 4.77. The molecule has 4 rings (SSSR count). The number of aryl methyl sites for hydroxylation is 1. The first kappa shape index (κ1) is 16.8. The Hall–Kier alpha value is -1.65. The van der Waals surface area contributed by atoms with Crippen molar-refractivity contribution >= 4 is 17.4 Å². The van der Waals surface area contributed by atoms with Crippen molar-refractivity contribution in [3.8, 4) is 0 Å². The van der Waals surface area contributed by atoms with Crippen molar-refractivity contribution in [2.45, 2.75) is 27.3 Å². The second-order valence-corrected chi connectivity index (χ2v) is 8.59. The lowest BCUT2D eigenvalue weighted by atomic mass is 9.71. The summed E-state index contributed by atoms with van der Waals surface area (Å²) in [5.74, 6) is 0.992. The first-order valence-corrected chi connectivity index (χ1v) is 9.27. The smallest absolute Gasteiger partial charge is 0.224 e. The van der Waals surface area contributed by atoms with Gasteiger partial charge in [-0.2, -0.15) is 0 Å². The largest absolute Gasteiger partial charge is 0.355 e. The van der Waals surface area contributed by atoms with E-state index in [2.05, 4.69) is 70.9 Å². The van der Waals surface area contributed by atoms with Crippen LogP contribution in [0.5, 0.6) is 0 Å². The third-order valence-electron chi connectivity index (χ3n) is 6.15. The Kier molecular flexibility index (Phi) is 4.00. The van der Waals surface area contributed by atoms with Crippen molar-refractivity contribution in [1.29, 1.82) is 0 Å². The molecule has 1 aromatic heterocycles. The number of anilines is 1. The molecule has 2 atom stereocenters. The number of nitrogens with zero attached hydrogens (tertiary/aromatic N) is 4. The summed E-state index contributed by atoms with van der Waals surface area (Å²) < 4.78 is 0. The number of benzene rings is 1. The number of rotatable bonds is 3. The minimum atomic E-state index is 0.256. The quantitative estimate of drug-likeness (QED) is 0.783. The van der Waals surface area contributed by atoms with Crippen molar-refractivity contribution in [2.75, 3.05) is 31.1 Å². The van der Waals surface area contributed by atoms with Crippen LogP contribution in [0.4, 0.5) is 5.82 Å². The summed E-state index contributed by atoms with van der Waals surface area (Å²) in [6.07, 6.45) is 1.82.